The maximum absolute atomic E-state index is 10.3. The Morgan fingerprint density at radius 3 is 2.55 bits per heavy atom. The van der Waals surface area contributed by atoms with E-state index in [0.29, 0.717) is 0 Å². The van der Waals surface area contributed by atoms with E-state index in [1.165, 1.54) is 13.0 Å². The van der Waals surface area contributed by atoms with Crippen LogP contribution in [0.25, 0.3) is 0 Å². The van der Waals surface area contributed by atoms with Crippen molar-refractivity contribution in [1.29, 1.82) is 0 Å². The van der Waals surface area contributed by atoms with Crippen LogP contribution in [-0.4, -0.2) is 21.9 Å². The summed E-state index contributed by atoms with van der Waals surface area (Å²) in [5, 5.41) is 20.3. The SMILES string of the molecule is CC1(O)C=CSC1C(=O)[O-].[Na+]. The van der Waals surface area contributed by atoms with Crippen molar-refractivity contribution in [2.75, 3.05) is 0 Å². The first-order valence-corrected chi connectivity index (χ1v) is 3.75. The van der Waals surface area contributed by atoms with Gasteiger partial charge in [0.2, 0.25) is 0 Å². The molecule has 0 fully saturated rings. The average molecular weight is 182 g/mol. The fourth-order valence-electron chi connectivity index (χ4n) is 0.775. The van der Waals surface area contributed by atoms with Gasteiger partial charge in [0.15, 0.2) is 0 Å². The van der Waals surface area contributed by atoms with Crippen LogP contribution >= 0.6 is 11.8 Å². The summed E-state index contributed by atoms with van der Waals surface area (Å²) in [6.07, 6.45) is 1.46. The fraction of sp³-hybridized carbons (Fsp3) is 0.500. The van der Waals surface area contributed by atoms with Crippen molar-refractivity contribution in [3.8, 4) is 0 Å². The van der Waals surface area contributed by atoms with E-state index in [1.807, 2.05) is 0 Å². The molecule has 0 saturated heterocycles. The number of aliphatic hydroxyl groups is 1. The van der Waals surface area contributed by atoms with Gasteiger partial charge in [0, 0.05) is 0 Å². The van der Waals surface area contributed by atoms with Crippen LogP contribution in [0.1, 0.15) is 6.92 Å². The Balaban J connectivity index is 0.000001000. The van der Waals surface area contributed by atoms with Crippen molar-refractivity contribution in [2.24, 2.45) is 0 Å². The van der Waals surface area contributed by atoms with Crippen LogP contribution in [0.15, 0.2) is 11.5 Å². The van der Waals surface area contributed by atoms with Crippen LogP contribution in [0.5, 0.6) is 0 Å². The van der Waals surface area contributed by atoms with Gasteiger partial charge >= 0.3 is 29.6 Å². The second-order valence-corrected chi connectivity index (χ2v) is 3.38. The summed E-state index contributed by atoms with van der Waals surface area (Å²) < 4.78 is 0. The predicted molar refractivity (Wildman–Crippen MR) is 36.1 cm³/mol. The molecule has 1 rings (SSSR count). The molecule has 0 aromatic rings. The van der Waals surface area contributed by atoms with Crippen LogP contribution in [0, 0.1) is 0 Å². The molecule has 56 valence electrons. The van der Waals surface area contributed by atoms with E-state index in [-0.39, 0.29) is 29.6 Å². The van der Waals surface area contributed by atoms with Crippen LogP contribution in [0.4, 0.5) is 0 Å². The van der Waals surface area contributed by atoms with E-state index in [0.717, 1.165) is 11.8 Å². The Bertz CT molecular complexity index is 190. The minimum absolute atomic E-state index is 0. The number of carbonyl (C=O) groups excluding carboxylic acids is 1. The number of carboxylic acids is 1. The van der Waals surface area contributed by atoms with Crippen molar-refractivity contribution in [3.05, 3.63) is 11.5 Å². The monoisotopic (exact) mass is 182 g/mol. The average Bonchev–Trinajstić information content (AvgIpc) is 2.08. The van der Waals surface area contributed by atoms with E-state index < -0.39 is 16.8 Å². The van der Waals surface area contributed by atoms with Gasteiger partial charge in [0.05, 0.1) is 16.8 Å². The molecule has 1 aliphatic rings. The van der Waals surface area contributed by atoms with Gasteiger partial charge in [0.25, 0.3) is 0 Å². The van der Waals surface area contributed by atoms with Crippen molar-refractivity contribution < 1.29 is 44.6 Å². The third-order valence-corrected chi connectivity index (χ3v) is 2.60. The zero-order chi connectivity index (χ0) is 7.78. The molecule has 0 aromatic heterocycles. The Kier molecular flexibility index (Phi) is 4.15. The number of hydrogen-bond acceptors (Lipinski definition) is 4. The van der Waals surface area contributed by atoms with Gasteiger partial charge in [0.1, 0.15) is 0 Å². The molecule has 0 spiro atoms. The molecule has 0 amide bonds. The third-order valence-electron chi connectivity index (χ3n) is 1.37. The smallest absolute Gasteiger partial charge is 0.549 e. The third kappa shape index (κ3) is 2.49. The van der Waals surface area contributed by atoms with Gasteiger partial charge in [-0.3, -0.25) is 0 Å². The van der Waals surface area contributed by atoms with E-state index in [2.05, 4.69) is 0 Å². The first-order chi connectivity index (χ1) is 4.54. The number of carboxylic acid groups (broad SMARTS) is 1. The first kappa shape index (κ1) is 11.5. The molecule has 0 saturated carbocycles. The molecular weight excluding hydrogens is 175 g/mol. The normalized spacial score (nSPS) is 34.9. The quantitative estimate of drug-likeness (QED) is 0.421. The molecule has 5 heteroatoms. The van der Waals surface area contributed by atoms with Gasteiger partial charge in [-0.05, 0) is 18.4 Å². The van der Waals surface area contributed by atoms with Crippen molar-refractivity contribution >= 4 is 17.7 Å². The number of carbonyl (C=O) groups is 1. The molecule has 2 atom stereocenters. The Morgan fingerprint density at radius 1 is 1.82 bits per heavy atom. The van der Waals surface area contributed by atoms with Gasteiger partial charge in [-0.2, -0.15) is 0 Å². The fourth-order valence-corrected chi connectivity index (χ4v) is 1.75. The second-order valence-electron chi connectivity index (χ2n) is 2.36. The summed E-state index contributed by atoms with van der Waals surface area (Å²) in [5.74, 6) is -1.22. The second kappa shape index (κ2) is 3.96. The summed E-state index contributed by atoms with van der Waals surface area (Å²) >= 11 is 1.06. The zero-order valence-electron chi connectivity index (χ0n) is 6.40. The number of thioether (sulfide) groups is 1. The molecule has 0 aliphatic carbocycles. The molecule has 0 bridgehead atoms. The van der Waals surface area contributed by atoms with Crippen molar-refractivity contribution in [3.63, 3.8) is 0 Å². The molecule has 3 nitrogen and oxygen atoms in total. The Hall–Kier alpha value is 0.520. The minimum atomic E-state index is -1.25. The number of rotatable bonds is 1. The van der Waals surface area contributed by atoms with E-state index >= 15 is 0 Å². The maximum Gasteiger partial charge on any atom is 1.00 e. The van der Waals surface area contributed by atoms with E-state index in [9.17, 15) is 15.0 Å². The molecule has 0 radical (unpaired) electrons. The Morgan fingerprint density at radius 2 is 2.36 bits per heavy atom. The zero-order valence-corrected chi connectivity index (χ0v) is 9.22. The number of hydrogen-bond donors (Lipinski definition) is 1. The van der Waals surface area contributed by atoms with Gasteiger partial charge < -0.3 is 15.0 Å². The van der Waals surface area contributed by atoms with Crippen molar-refractivity contribution in [1.82, 2.24) is 0 Å². The van der Waals surface area contributed by atoms with Crippen LogP contribution in [0.2, 0.25) is 0 Å². The van der Waals surface area contributed by atoms with Crippen LogP contribution in [-0.2, 0) is 4.79 Å². The molecule has 1 N–H and O–H groups in total. The van der Waals surface area contributed by atoms with Gasteiger partial charge in [-0.25, -0.2) is 0 Å². The van der Waals surface area contributed by atoms with Gasteiger partial charge in [-0.15, -0.1) is 11.8 Å². The van der Waals surface area contributed by atoms with E-state index in [4.69, 9.17) is 0 Å². The standard InChI is InChI=1S/C6H8O3S.Na/c1-6(9)2-3-10-4(6)5(7)8;/h2-4,9H,1H3,(H,7,8);/q;+1/p-1. The Labute approximate surface area is 91.2 Å². The largest absolute Gasteiger partial charge is 1.00 e. The summed E-state index contributed by atoms with van der Waals surface area (Å²) in [7, 11) is 0. The van der Waals surface area contributed by atoms with Crippen molar-refractivity contribution in [2.45, 2.75) is 17.8 Å². The summed E-state index contributed by atoms with van der Waals surface area (Å²) in [4.78, 5) is 10.3. The van der Waals surface area contributed by atoms with E-state index in [1.54, 1.807) is 5.41 Å². The molecule has 2 unspecified atom stereocenters. The van der Waals surface area contributed by atoms with Crippen LogP contribution < -0.4 is 34.7 Å². The maximum atomic E-state index is 10.3. The summed E-state index contributed by atoms with van der Waals surface area (Å²) in [6.45, 7) is 1.45. The van der Waals surface area contributed by atoms with Gasteiger partial charge in [-0.1, -0.05) is 0 Å². The molecule has 11 heavy (non-hydrogen) atoms. The van der Waals surface area contributed by atoms with Crippen LogP contribution in [0.3, 0.4) is 0 Å². The number of aliphatic carboxylic acids is 1. The predicted octanol–water partition coefficient (Wildman–Crippen LogP) is -3.88. The minimum Gasteiger partial charge on any atom is -0.549 e. The summed E-state index contributed by atoms with van der Waals surface area (Å²) in [5.41, 5.74) is -1.25. The molecule has 1 aliphatic heterocycles. The topological polar surface area (TPSA) is 60.4 Å². The first-order valence-electron chi connectivity index (χ1n) is 2.80. The molecule has 0 aromatic carbocycles. The summed E-state index contributed by atoms with van der Waals surface area (Å²) in [6, 6.07) is 0. The molecule has 1 heterocycles. The molecular formula is C6H7NaO3S.